The number of nitrogens with one attached hydrogen (secondary N) is 2. The van der Waals surface area contributed by atoms with Crippen LogP contribution >= 0.6 is 0 Å². The Bertz CT molecular complexity index is 1580. The van der Waals surface area contributed by atoms with Crippen molar-refractivity contribution in [3.8, 4) is 11.5 Å². The van der Waals surface area contributed by atoms with E-state index >= 15 is 0 Å². The fraction of sp³-hybridized carbons (Fsp3) is 0.385. The Kier molecular flexibility index (Phi) is 12.5. The third kappa shape index (κ3) is 10.2. The molecular formula is C39H49N4O4+. The molecule has 6 N–H and O–H groups in total. The van der Waals surface area contributed by atoms with Crippen LogP contribution in [0.4, 0.5) is 0 Å². The van der Waals surface area contributed by atoms with Gasteiger partial charge in [-0.3, -0.25) is 20.0 Å². The van der Waals surface area contributed by atoms with Crippen molar-refractivity contribution >= 4 is 12.0 Å². The number of carbonyl (C=O) groups is 1. The SMILES string of the molecule is CCCCC[C@@H](O)CC(=O)CCc1ccc(O)c(OC[NH+]2C=C3N=CC(Cc4cccc([C@H](N)NCCc5ccccc5)c4)=C3C2)c1. The van der Waals surface area contributed by atoms with Gasteiger partial charge < -0.3 is 20.7 Å². The van der Waals surface area contributed by atoms with Gasteiger partial charge in [0, 0.05) is 31.2 Å². The van der Waals surface area contributed by atoms with Crippen LogP contribution < -0.4 is 20.7 Å². The van der Waals surface area contributed by atoms with Gasteiger partial charge in [0.25, 0.3) is 0 Å². The van der Waals surface area contributed by atoms with Gasteiger partial charge in [-0.05, 0) is 65.6 Å². The number of nitrogens with two attached hydrogens (primary N) is 1. The second-order valence-corrected chi connectivity index (χ2v) is 12.7. The van der Waals surface area contributed by atoms with Gasteiger partial charge in [-0.15, -0.1) is 0 Å². The Hall–Kier alpha value is -4.08. The number of phenols is 1. The van der Waals surface area contributed by atoms with Crippen molar-refractivity contribution in [1.29, 1.82) is 0 Å². The third-order valence-electron chi connectivity index (χ3n) is 8.86. The van der Waals surface area contributed by atoms with Crippen molar-refractivity contribution in [2.45, 2.75) is 77.0 Å². The van der Waals surface area contributed by atoms with Gasteiger partial charge in [0.1, 0.15) is 24.2 Å². The Balaban J connectivity index is 1.10. The minimum atomic E-state index is -0.564. The number of unbranched alkanes of at least 4 members (excludes halogenated alkanes) is 2. The number of aliphatic imine (C=N–C) groups is 1. The average Bonchev–Trinajstić information content (AvgIpc) is 3.65. The topological polar surface area (TPSA) is 122 Å². The number of aliphatic hydroxyl groups is 1. The number of allylic oxidation sites excluding steroid dienone is 1. The number of Topliss-reactive ketones (excluding diaryl/α,β-unsaturated/α-hetero) is 1. The second kappa shape index (κ2) is 17.2. The number of ketones is 1. The first kappa shape index (κ1) is 34.3. The van der Waals surface area contributed by atoms with E-state index in [1.165, 1.54) is 22.3 Å². The van der Waals surface area contributed by atoms with Crippen LogP contribution in [0.5, 0.6) is 11.5 Å². The number of benzene rings is 3. The molecule has 5 rings (SSSR count). The summed E-state index contributed by atoms with van der Waals surface area (Å²) in [4.78, 5) is 18.2. The number of aryl methyl sites for hydroxylation is 1. The van der Waals surface area contributed by atoms with E-state index in [4.69, 9.17) is 10.5 Å². The number of hydrogen-bond acceptors (Lipinski definition) is 7. The zero-order valence-electron chi connectivity index (χ0n) is 27.5. The Morgan fingerprint density at radius 2 is 1.85 bits per heavy atom. The zero-order valence-corrected chi connectivity index (χ0v) is 27.5. The Morgan fingerprint density at radius 3 is 2.68 bits per heavy atom. The maximum absolute atomic E-state index is 12.4. The molecule has 0 fully saturated rings. The first-order chi connectivity index (χ1) is 22.9. The molecule has 8 nitrogen and oxygen atoms in total. The standard InChI is InChI=1S/C39H48N4O4/c1-2-3-5-13-33(44)23-34(45)16-14-29-15-17-37(46)38(22-29)47-27-43-25-35-32(24-42-36(35)26-43)21-30-11-8-12-31(20-30)39(40)41-19-18-28-9-6-4-7-10-28/h4,6-12,15,17,20,22,24,26,33,39,41,44,46H,2-3,5,13-14,16,18-19,21,23,25,27,40H2,1H3/p+1/t33-,39-/m1/s1. The molecule has 0 saturated heterocycles. The van der Waals surface area contributed by atoms with E-state index in [-0.39, 0.29) is 24.1 Å². The van der Waals surface area contributed by atoms with Crippen molar-refractivity contribution < 1.29 is 24.6 Å². The quantitative estimate of drug-likeness (QED) is 0.0959. The lowest BCUT2D eigenvalue weighted by atomic mass is 9.99. The maximum atomic E-state index is 12.4. The van der Waals surface area contributed by atoms with Crippen LogP contribution in [-0.4, -0.2) is 48.1 Å². The summed E-state index contributed by atoms with van der Waals surface area (Å²) in [6, 6.07) is 24.1. The van der Waals surface area contributed by atoms with Crippen LogP contribution in [0.25, 0.3) is 0 Å². The number of quaternary nitrogens is 1. The number of carbonyl (C=O) groups excluding carboxylic acids is 1. The molecule has 1 unspecified atom stereocenters. The second-order valence-electron chi connectivity index (χ2n) is 12.7. The summed E-state index contributed by atoms with van der Waals surface area (Å²) in [5.74, 6) is 0.531. The van der Waals surface area contributed by atoms with E-state index in [0.29, 0.717) is 31.7 Å². The molecule has 0 bridgehead atoms. The van der Waals surface area contributed by atoms with Crippen LogP contribution in [0.3, 0.4) is 0 Å². The number of hydrogen-bond donors (Lipinski definition) is 5. The van der Waals surface area contributed by atoms with Gasteiger partial charge in [-0.2, -0.15) is 0 Å². The van der Waals surface area contributed by atoms with E-state index < -0.39 is 6.10 Å². The van der Waals surface area contributed by atoms with Crippen molar-refractivity contribution in [3.63, 3.8) is 0 Å². The van der Waals surface area contributed by atoms with E-state index in [9.17, 15) is 15.0 Å². The highest BCUT2D eigenvalue weighted by atomic mass is 16.5. The van der Waals surface area contributed by atoms with E-state index in [0.717, 1.165) is 66.9 Å². The highest BCUT2D eigenvalue weighted by Gasteiger charge is 2.29. The van der Waals surface area contributed by atoms with Gasteiger partial charge in [-0.1, -0.05) is 86.8 Å². The fourth-order valence-corrected chi connectivity index (χ4v) is 6.14. The summed E-state index contributed by atoms with van der Waals surface area (Å²) < 4.78 is 6.06. The first-order valence-electron chi connectivity index (χ1n) is 17.0. The molecule has 2 heterocycles. The van der Waals surface area contributed by atoms with Crippen LogP contribution in [0.15, 0.2) is 101 Å². The van der Waals surface area contributed by atoms with Gasteiger partial charge in [0.05, 0.1) is 12.3 Å². The number of rotatable bonds is 19. The van der Waals surface area contributed by atoms with E-state index in [1.807, 2.05) is 18.3 Å². The molecule has 248 valence electrons. The lowest BCUT2D eigenvalue weighted by Crippen LogP contribution is -3.07. The Labute approximate surface area is 278 Å². The summed E-state index contributed by atoms with van der Waals surface area (Å²) in [7, 11) is 0. The summed E-state index contributed by atoms with van der Waals surface area (Å²) in [6.45, 7) is 4.02. The predicted octanol–water partition coefficient (Wildman–Crippen LogP) is 4.71. The summed E-state index contributed by atoms with van der Waals surface area (Å²) in [5, 5.41) is 24.0. The number of phenolic OH excluding ortho intramolecular Hbond substituents is 1. The van der Waals surface area contributed by atoms with E-state index in [2.05, 4.69) is 72.0 Å². The fourth-order valence-electron chi connectivity index (χ4n) is 6.14. The maximum Gasteiger partial charge on any atom is 0.227 e. The smallest absolute Gasteiger partial charge is 0.227 e. The predicted molar refractivity (Wildman–Crippen MR) is 186 cm³/mol. The van der Waals surface area contributed by atoms with Gasteiger partial charge in [-0.25, -0.2) is 0 Å². The van der Waals surface area contributed by atoms with E-state index in [1.54, 1.807) is 12.1 Å². The third-order valence-corrected chi connectivity index (χ3v) is 8.86. The molecule has 8 heteroatoms. The first-order valence-corrected chi connectivity index (χ1v) is 17.0. The average molecular weight is 638 g/mol. The minimum absolute atomic E-state index is 0.0546. The minimum Gasteiger partial charge on any atom is -0.504 e. The molecule has 0 amide bonds. The number of ether oxygens (including phenoxy) is 1. The molecule has 0 aliphatic carbocycles. The largest absolute Gasteiger partial charge is 0.504 e. The van der Waals surface area contributed by atoms with Crippen LogP contribution in [0.2, 0.25) is 0 Å². The van der Waals surface area contributed by atoms with Crippen LogP contribution in [0.1, 0.15) is 73.9 Å². The van der Waals surface area contributed by atoms with Gasteiger partial charge >= 0.3 is 0 Å². The normalized spacial score (nSPS) is 16.7. The molecule has 3 atom stereocenters. The van der Waals surface area contributed by atoms with Crippen molar-refractivity contribution in [3.05, 3.63) is 118 Å². The molecule has 0 radical (unpaired) electrons. The lowest BCUT2D eigenvalue weighted by molar-refractivity contribution is -0.855. The highest BCUT2D eigenvalue weighted by Crippen LogP contribution is 2.28. The summed E-state index contributed by atoms with van der Waals surface area (Å²) >= 11 is 0. The van der Waals surface area contributed by atoms with Crippen LogP contribution in [-0.2, 0) is 24.1 Å². The van der Waals surface area contributed by atoms with Crippen molar-refractivity contribution in [2.75, 3.05) is 19.8 Å². The molecule has 47 heavy (non-hydrogen) atoms. The molecule has 3 aromatic rings. The van der Waals surface area contributed by atoms with Gasteiger partial charge in [0.15, 0.2) is 11.5 Å². The number of aromatic hydroxyl groups is 1. The molecular weight excluding hydrogens is 588 g/mol. The van der Waals surface area contributed by atoms with Gasteiger partial charge in [0.2, 0.25) is 6.73 Å². The number of nitrogens with zero attached hydrogens (tertiary/aromatic N) is 1. The monoisotopic (exact) mass is 637 g/mol. The highest BCUT2D eigenvalue weighted by molar-refractivity contribution is 5.87. The van der Waals surface area contributed by atoms with Crippen LogP contribution in [0, 0.1) is 0 Å². The van der Waals surface area contributed by atoms with Crippen molar-refractivity contribution in [1.82, 2.24) is 5.32 Å². The zero-order chi connectivity index (χ0) is 33.0. The number of aliphatic hydroxyl groups excluding tert-OH is 1. The van der Waals surface area contributed by atoms with Crippen molar-refractivity contribution in [2.24, 2.45) is 10.7 Å². The molecule has 2 aliphatic rings. The molecule has 0 aromatic heterocycles. The summed E-state index contributed by atoms with van der Waals surface area (Å²) in [5.41, 5.74) is 14.3. The lowest BCUT2D eigenvalue weighted by Gasteiger charge is -2.16. The summed E-state index contributed by atoms with van der Waals surface area (Å²) in [6.07, 6.45) is 9.81. The Morgan fingerprint density at radius 1 is 1.02 bits per heavy atom. The molecule has 0 saturated carbocycles. The molecule has 2 aliphatic heterocycles. The number of fused-ring (bicyclic) bond motifs is 1. The molecule has 3 aromatic carbocycles. The molecule has 0 spiro atoms.